The van der Waals surface area contributed by atoms with Crippen molar-refractivity contribution in [2.75, 3.05) is 0 Å². The van der Waals surface area contributed by atoms with Crippen molar-refractivity contribution in [2.24, 2.45) is 5.10 Å². The molecular weight excluding hydrogens is 386 g/mol. The molecule has 8 heteroatoms. The van der Waals surface area contributed by atoms with E-state index in [-0.39, 0.29) is 11.3 Å². The maximum absolute atomic E-state index is 12.1. The molecule has 3 aromatic rings. The summed E-state index contributed by atoms with van der Waals surface area (Å²) in [5, 5.41) is 26.2. The first-order chi connectivity index (χ1) is 14.4. The maximum Gasteiger partial charge on any atom is 0.280 e. The van der Waals surface area contributed by atoms with Gasteiger partial charge in [0.1, 0.15) is 5.75 Å². The number of hydrogen-bond donors (Lipinski definition) is 1. The molecule has 0 heterocycles. The zero-order valence-electron chi connectivity index (χ0n) is 16.0. The number of rotatable bonds is 7. The average Bonchev–Trinajstić information content (AvgIpc) is 2.76. The van der Waals surface area contributed by atoms with Crippen molar-refractivity contribution in [3.8, 4) is 22.6 Å². The second kappa shape index (κ2) is 9.33. The van der Waals surface area contributed by atoms with Crippen LogP contribution in [0.2, 0.25) is 0 Å². The van der Waals surface area contributed by atoms with Gasteiger partial charge in [0.15, 0.2) is 6.10 Å². The molecule has 0 aliphatic rings. The maximum atomic E-state index is 12.1. The second-order valence-electron chi connectivity index (χ2n) is 6.36. The lowest BCUT2D eigenvalue weighted by Gasteiger charge is -2.13. The molecule has 0 radical (unpaired) electrons. The summed E-state index contributed by atoms with van der Waals surface area (Å²) in [6, 6.07) is 20.4. The van der Waals surface area contributed by atoms with Crippen molar-refractivity contribution in [2.45, 2.75) is 13.0 Å². The Bertz CT molecular complexity index is 1070. The number of nitrogens with zero attached hydrogens (tertiary/aromatic N) is 2. The molecule has 3 rings (SSSR count). The van der Waals surface area contributed by atoms with E-state index in [4.69, 9.17) is 4.74 Å². The fraction of sp³-hybridized carbons (Fsp3) is 0.0909. The number of nitro benzene ring substituents is 1. The molecule has 0 aliphatic carbocycles. The predicted octanol–water partition coefficient (Wildman–Crippen LogP) is 3.25. The molecule has 8 nitrogen and oxygen atoms in total. The molecule has 152 valence electrons. The van der Waals surface area contributed by atoms with Crippen molar-refractivity contribution in [3.05, 3.63) is 88.5 Å². The van der Waals surface area contributed by atoms with Crippen molar-refractivity contribution in [1.29, 1.82) is 0 Å². The minimum atomic E-state index is -0.846. The summed E-state index contributed by atoms with van der Waals surface area (Å²) < 4.78 is 5.61. The Morgan fingerprint density at radius 2 is 1.73 bits per heavy atom. The predicted molar refractivity (Wildman–Crippen MR) is 110 cm³/mol. The molecule has 0 saturated heterocycles. The first-order valence-electron chi connectivity index (χ1n) is 9.04. The third-order valence-electron chi connectivity index (χ3n) is 4.23. The number of carbonyl (C=O) groups excluding carboxylic acids is 1. The van der Waals surface area contributed by atoms with Crippen molar-refractivity contribution >= 4 is 17.8 Å². The fourth-order valence-electron chi connectivity index (χ4n) is 2.62. The summed E-state index contributed by atoms with van der Waals surface area (Å²) >= 11 is 0. The van der Waals surface area contributed by atoms with E-state index < -0.39 is 22.7 Å². The van der Waals surface area contributed by atoms with Crippen LogP contribution in [0.25, 0.3) is 11.1 Å². The van der Waals surface area contributed by atoms with Crippen LogP contribution in [0.5, 0.6) is 11.5 Å². The Hall–Kier alpha value is -4.20. The molecular formula is C22H18N3O5-. The van der Waals surface area contributed by atoms with E-state index in [1.54, 1.807) is 19.1 Å². The molecule has 1 N–H and O–H groups in total. The van der Waals surface area contributed by atoms with E-state index in [0.717, 1.165) is 35.5 Å². The third kappa shape index (κ3) is 5.20. The number of carbonyl (C=O) groups is 1. The van der Waals surface area contributed by atoms with Gasteiger partial charge in [0, 0.05) is 12.1 Å². The average molecular weight is 404 g/mol. The van der Waals surface area contributed by atoms with Crippen LogP contribution in [0.1, 0.15) is 12.5 Å². The molecule has 1 atom stereocenters. The van der Waals surface area contributed by atoms with Gasteiger partial charge in [0.05, 0.1) is 11.1 Å². The van der Waals surface area contributed by atoms with Gasteiger partial charge >= 0.3 is 0 Å². The summed E-state index contributed by atoms with van der Waals surface area (Å²) in [4.78, 5) is 22.3. The highest BCUT2D eigenvalue weighted by atomic mass is 16.6. The van der Waals surface area contributed by atoms with Crippen LogP contribution in [0.3, 0.4) is 0 Å². The quantitative estimate of drug-likeness (QED) is 0.368. The Labute approximate surface area is 172 Å². The van der Waals surface area contributed by atoms with Crippen LogP contribution in [-0.4, -0.2) is 23.1 Å². The van der Waals surface area contributed by atoms with Crippen molar-refractivity contribution in [1.82, 2.24) is 5.43 Å². The third-order valence-corrected chi connectivity index (χ3v) is 4.23. The Kier molecular flexibility index (Phi) is 6.39. The van der Waals surface area contributed by atoms with Crippen LogP contribution in [0.15, 0.2) is 77.9 Å². The molecule has 1 amide bonds. The lowest BCUT2D eigenvalue weighted by atomic mass is 10.1. The number of nitro groups is 1. The van der Waals surface area contributed by atoms with Crippen LogP contribution >= 0.6 is 0 Å². The van der Waals surface area contributed by atoms with Gasteiger partial charge in [-0.3, -0.25) is 14.9 Å². The normalized spacial score (nSPS) is 11.8. The topological polar surface area (TPSA) is 117 Å². The highest BCUT2D eigenvalue weighted by Gasteiger charge is 2.14. The number of amides is 1. The fourth-order valence-corrected chi connectivity index (χ4v) is 2.62. The lowest BCUT2D eigenvalue weighted by Crippen LogP contribution is -2.33. The van der Waals surface area contributed by atoms with E-state index >= 15 is 0 Å². The van der Waals surface area contributed by atoms with E-state index in [9.17, 15) is 20.0 Å². The zero-order chi connectivity index (χ0) is 21.5. The smallest absolute Gasteiger partial charge is 0.280 e. The molecule has 0 bridgehead atoms. The van der Waals surface area contributed by atoms with Gasteiger partial charge in [-0.2, -0.15) is 5.10 Å². The van der Waals surface area contributed by atoms with Gasteiger partial charge < -0.3 is 9.84 Å². The van der Waals surface area contributed by atoms with Gasteiger partial charge in [0.2, 0.25) is 0 Å². The Morgan fingerprint density at radius 1 is 1.07 bits per heavy atom. The van der Waals surface area contributed by atoms with E-state index in [2.05, 4.69) is 10.5 Å². The van der Waals surface area contributed by atoms with Crippen LogP contribution in [0.4, 0.5) is 5.69 Å². The molecule has 0 aliphatic heterocycles. The number of nitrogens with one attached hydrogen (secondary N) is 1. The molecule has 0 unspecified atom stereocenters. The summed E-state index contributed by atoms with van der Waals surface area (Å²) in [6.07, 6.45) is 0.218. The molecule has 3 aromatic carbocycles. The summed E-state index contributed by atoms with van der Waals surface area (Å²) in [5.74, 6) is -0.459. The van der Waals surface area contributed by atoms with Gasteiger partial charge in [0.25, 0.3) is 11.6 Å². The standard InChI is InChI=1S/C22H19N3O5/c1-15(30-20-10-7-17(8-11-20)16-5-3-2-4-6-16)22(27)24-23-14-18-13-19(25(28)29)9-12-21(18)26/h2-15,26H,1H3,(H,24,27)/p-1/b23-14+/t15-/m0/s1. The van der Waals surface area contributed by atoms with E-state index in [1.165, 1.54) is 0 Å². The van der Waals surface area contributed by atoms with Crippen LogP contribution in [0, 0.1) is 10.1 Å². The number of benzene rings is 3. The van der Waals surface area contributed by atoms with Crippen LogP contribution < -0.4 is 15.3 Å². The minimum absolute atomic E-state index is 0.00503. The number of hydrazone groups is 1. The van der Waals surface area contributed by atoms with Gasteiger partial charge in [-0.15, -0.1) is 0 Å². The number of hydrogen-bond acceptors (Lipinski definition) is 6. The van der Waals surface area contributed by atoms with E-state index in [0.29, 0.717) is 5.75 Å². The van der Waals surface area contributed by atoms with Crippen molar-refractivity contribution < 1.29 is 19.6 Å². The van der Waals surface area contributed by atoms with E-state index in [1.807, 2.05) is 42.5 Å². The molecule has 0 saturated carbocycles. The first-order valence-corrected chi connectivity index (χ1v) is 9.04. The number of non-ortho nitro benzene ring substituents is 1. The summed E-state index contributed by atoms with van der Waals surface area (Å²) in [5.41, 5.74) is 4.11. The lowest BCUT2D eigenvalue weighted by molar-refractivity contribution is -0.385. The minimum Gasteiger partial charge on any atom is -0.872 e. The SMILES string of the molecule is C[C@H](Oc1ccc(-c2ccccc2)cc1)C(=O)N/N=C/c1cc([N+](=O)[O-])ccc1[O-]. The largest absolute Gasteiger partial charge is 0.872 e. The van der Waals surface area contributed by atoms with Gasteiger partial charge in [-0.1, -0.05) is 54.3 Å². The Balaban J connectivity index is 1.58. The zero-order valence-corrected chi connectivity index (χ0v) is 16.0. The monoisotopic (exact) mass is 404 g/mol. The van der Waals surface area contributed by atoms with Crippen molar-refractivity contribution in [3.63, 3.8) is 0 Å². The molecule has 0 spiro atoms. The first kappa shape index (κ1) is 20.5. The molecule has 30 heavy (non-hydrogen) atoms. The highest BCUT2D eigenvalue weighted by Crippen LogP contribution is 2.23. The van der Waals surface area contributed by atoms with Crippen LogP contribution in [-0.2, 0) is 4.79 Å². The highest BCUT2D eigenvalue weighted by molar-refractivity contribution is 5.86. The second-order valence-corrected chi connectivity index (χ2v) is 6.36. The summed E-state index contributed by atoms with van der Waals surface area (Å²) in [7, 11) is 0. The summed E-state index contributed by atoms with van der Waals surface area (Å²) in [6.45, 7) is 1.56. The molecule has 0 aromatic heterocycles. The van der Waals surface area contributed by atoms with Gasteiger partial charge in [-0.25, -0.2) is 5.43 Å². The molecule has 0 fully saturated rings. The van der Waals surface area contributed by atoms with Gasteiger partial charge in [-0.05, 0) is 35.7 Å². The number of ether oxygens (including phenoxy) is 1. The Morgan fingerprint density at radius 3 is 2.40 bits per heavy atom.